The molecular weight excluding hydrogens is 294 g/mol. The van der Waals surface area contributed by atoms with Crippen LogP contribution in [-0.2, 0) is 16.4 Å². The van der Waals surface area contributed by atoms with E-state index in [2.05, 4.69) is 14.7 Å². The van der Waals surface area contributed by atoms with Gasteiger partial charge in [0, 0.05) is 11.4 Å². The highest BCUT2D eigenvalue weighted by atomic mass is 35.5. The molecule has 8 heteroatoms. The lowest BCUT2D eigenvalue weighted by Gasteiger charge is -2.05. The first-order chi connectivity index (χ1) is 8.58. The molecule has 2 rings (SSSR count). The van der Waals surface area contributed by atoms with Crippen molar-refractivity contribution in [1.29, 1.82) is 0 Å². The van der Waals surface area contributed by atoms with Gasteiger partial charge in [0.1, 0.15) is 4.90 Å². The maximum absolute atomic E-state index is 11.8. The molecule has 2 aromatic heterocycles. The molecule has 0 saturated heterocycles. The number of aromatic nitrogens is 2. The van der Waals surface area contributed by atoms with Gasteiger partial charge in [0.25, 0.3) is 0 Å². The second-order valence-electron chi connectivity index (χ2n) is 3.41. The van der Waals surface area contributed by atoms with Crippen LogP contribution in [0, 0.1) is 0 Å². The van der Waals surface area contributed by atoms with Crippen molar-refractivity contribution in [2.75, 3.05) is 6.54 Å². The van der Waals surface area contributed by atoms with Crippen molar-refractivity contribution in [3.63, 3.8) is 0 Å². The first-order valence-electron chi connectivity index (χ1n) is 5.07. The Morgan fingerprint density at radius 1 is 1.33 bits per heavy atom. The third kappa shape index (κ3) is 3.49. The van der Waals surface area contributed by atoms with E-state index >= 15 is 0 Å². The second-order valence-corrected chi connectivity index (χ2v) is 6.55. The van der Waals surface area contributed by atoms with Gasteiger partial charge in [0.05, 0.1) is 12.4 Å². The lowest BCUT2D eigenvalue weighted by atomic mass is 10.3. The summed E-state index contributed by atoms with van der Waals surface area (Å²) in [5, 5.41) is 1.98. The summed E-state index contributed by atoms with van der Waals surface area (Å²) in [6.07, 6.45) is 3.02. The monoisotopic (exact) mass is 303 g/mol. The van der Waals surface area contributed by atoms with Crippen LogP contribution in [-0.4, -0.2) is 24.9 Å². The van der Waals surface area contributed by atoms with E-state index in [9.17, 15) is 8.42 Å². The van der Waals surface area contributed by atoms with Crippen molar-refractivity contribution in [2.24, 2.45) is 0 Å². The lowest BCUT2D eigenvalue weighted by Crippen LogP contribution is -2.26. The van der Waals surface area contributed by atoms with Crippen LogP contribution < -0.4 is 4.72 Å². The molecule has 0 fully saturated rings. The summed E-state index contributed by atoms with van der Waals surface area (Å²) >= 11 is 7.09. The minimum Gasteiger partial charge on any atom is -0.225 e. The SMILES string of the molecule is O=S(=O)(NCCc1cccs1)c1cnc(Cl)nc1. The molecule has 2 heterocycles. The molecule has 1 N–H and O–H groups in total. The largest absolute Gasteiger partial charge is 0.243 e. The molecule has 0 spiro atoms. The molecule has 0 saturated carbocycles. The van der Waals surface area contributed by atoms with Crippen LogP contribution in [0.25, 0.3) is 0 Å². The van der Waals surface area contributed by atoms with Crippen LogP contribution in [0.1, 0.15) is 4.88 Å². The fourth-order valence-electron chi connectivity index (χ4n) is 1.29. The minimum atomic E-state index is -3.56. The van der Waals surface area contributed by atoms with E-state index in [1.54, 1.807) is 11.3 Å². The zero-order valence-corrected chi connectivity index (χ0v) is 11.6. The maximum atomic E-state index is 11.8. The third-order valence-electron chi connectivity index (χ3n) is 2.15. The minimum absolute atomic E-state index is 0.0121. The molecule has 0 atom stereocenters. The third-order valence-corrected chi connectivity index (χ3v) is 4.70. The second kappa shape index (κ2) is 5.75. The normalized spacial score (nSPS) is 11.6. The number of nitrogens with zero attached hydrogens (tertiary/aromatic N) is 2. The van der Waals surface area contributed by atoms with Gasteiger partial charge < -0.3 is 0 Å². The molecule has 96 valence electrons. The molecule has 0 aliphatic rings. The fraction of sp³-hybridized carbons (Fsp3) is 0.200. The van der Waals surface area contributed by atoms with Gasteiger partial charge in [-0.25, -0.2) is 23.1 Å². The molecule has 0 radical (unpaired) electrons. The number of rotatable bonds is 5. The summed E-state index contributed by atoms with van der Waals surface area (Å²) in [6, 6.07) is 3.89. The lowest BCUT2D eigenvalue weighted by molar-refractivity contribution is 0.581. The number of hydrogen-bond acceptors (Lipinski definition) is 5. The Labute approximate surface area is 114 Å². The molecule has 0 aromatic carbocycles. The summed E-state index contributed by atoms with van der Waals surface area (Å²) in [4.78, 5) is 8.42. The van der Waals surface area contributed by atoms with Gasteiger partial charge in [-0.2, -0.15) is 0 Å². The number of thiophene rings is 1. The van der Waals surface area contributed by atoms with Crippen molar-refractivity contribution in [2.45, 2.75) is 11.3 Å². The summed E-state index contributed by atoms with van der Waals surface area (Å²) < 4.78 is 26.2. The van der Waals surface area contributed by atoms with Crippen LogP contribution >= 0.6 is 22.9 Å². The first kappa shape index (κ1) is 13.4. The number of hydrogen-bond donors (Lipinski definition) is 1. The van der Waals surface area contributed by atoms with Crippen LogP contribution in [0.4, 0.5) is 0 Å². The molecular formula is C10H10ClN3O2S2. The van der Waals surface area contributed by atoms with E-state index in [4.69, 9.17) is 11.6 Å². The Kier molecular flexibility index (Phi) is 4.28. The van der Waals surface area contributed by atoms with Crippen molar-refractivity contribution in [1.82, 2.24) is 14.7 Å². The Hall–Kier alpha value is -1.02. The fourth-order valence-corrected chi connectivity index (χ4v) is 3.01. The molecule has 18 heavy (non-hydrogen) atoms. The van der Waals surface area contributed by atoms with E-state index in [-0.39, 0.29) is 10.2 Å². The highest BCUT2D eigenvalue weighted by Crippen LogP contribution is 2.10. The summed E-state index contributed by atoms with van der Waals surface area (Å²) in [6.45, 7) is 0.339. The van der Waals surface area contributed by atoms with Crippen molar-refractivity contribution in [3.05, 3.63) is 40.1 Å². The molecule has 0 aliphatic heterocycles. The molecule has 0 unspecified atom stereocenters. The molecule has 0 aliphatic carbocycles. The zero-order valence-electron chi connectivity index (χ0n) is 9.21. The molecule has 2 aromatic rings. The van der Waals surface area contributed by atoms with Crippen molar-refractivity contribution >= 4 is 33.0 Å². The highest BCUT2D eigenvalue weighted by molar-refractivity contribution is 7.89. The van der Waals surface area contributed by atoms with Crippen LogP contribution in [0.5, 0.6) is 0 Å². The maximum Gasteiger partial charge on any atom is 0.243 e. The Morgan fingerprint density at radius 2 is 2.06 bits per heavy atom. The van der Waals surface area contributed by atoms with E-state index in [0.717, 1.165) is 4.88 Å². The van der Waals surface area contributed by atoms with Gasteiger partial charge in [0.15, 0.2) is 0 Å². The molecule has 0 amide bonds. The van der Waals surface area contributed by atoms with Crippen molar-refractivity contribution < 1.29 is 8.42 Å². The van der Waals surface area contributed by atoms with E-state index < -0.39 is 10.0 Å². The van der Waals surface area contributed by atoms with E-state index in [1.165, 1.54) is 12.4 Å². The molecule has 5 nitrogen and oxygen atoms in total. The van der Waals surface area contributed by atoms with Crippen LogP contribution in [0.2, 0.25) is 5.28 Å². The van der Waals surface area contributed by atoms with Crippen LogP contribution in [0.3, 0.4) is 0 Å². The molecule has 0 bridgehead atoms. The first-order valence-corrected chi connectivity index (χ1v) is 7.81. The number of sulfonamides is 1. The quantitative estimate of drug-likeness (QED) is 0.854. The van der Waals surface area contributed by atoms with Gasteiger partial charge in [0.2, 0.25) is 15.3 Å². The zero-order chi connectivity index (χ0) is 13.0. The van der Waals surface area contributed by atoms with Gasteiger partial charge in [-0.05, 0) is 29.5 Å². The average Bonchev–Trinajstić information content (AvgIpc) is 2.82. The number of halogens is 1. The average molecular weight is 304 g/mol. The van der Waals surface area contributed by atoms with Crippen LogP contribution in [0.15, 0.2) is 34.8 Å². The smallest absolute Gasteiger partial charge is 0.225 e. The Bertz CT molecular complexity index is 597. The topological polar surface area (TPSA) is 72.0 Å². The Balaban J connectivity index is 1.97. The summed E-state index contributed by atoms with van der Waals surface area (Å²) in [7, 11) is -3.56. The van der Waals surface area contributed by atoms with Gasteiger partial charge in [-0.3, -0.25) is 0 Å². The van der Waals surface area contributed by atoms with Gasteiger partial charge in [-0.1, -0.05) is 6.07 Å². The van der Waals surface area contributed by atoms with E-state index in [0.29, 0.717) is 13.0 Å². The van der Waals surface area contributed by atoms with Gasteiger partial charge in [-0.15, -0.1) is 11.3 Å². The predicted octanol–water partition coefficient (Wildman–Crippen LogP) is 1.71. The number of nitrogens with one attached hydrogen (secondary N) is 1. The standard InChI is InChI=1S/C10H10ClN3O2S2/c11-10-12-6-9(7-13-10)18(15,16)14-4-3-8-2-1-5-17-8/h1-2,5-7,14H,3-4H2. The van der Waals surface area contributed by atoms with Crippen molar-refractivity contribution in [3.8, 4) is 0 Å². The highest BCUT2D eigenvalue weighted by Gasteiger charge is 2.14. The predicted molar refractivity (Wildman–Crippen MR) is 70.3 cm³/mol. The Morgan fingerprint density at radius 3 is 2.67 bits per heavy atom. The summed E-state index contributed by atoms with van der Waals surface area (Å²) in [5.41, 5.74) is 0. The summed E-state index contributed by atoms with van der Waals surface area (Å²) in [5.74, 6) is 0. The van der Waals surface area contributed by atoms with Gasteiger partial charge >= 0.3 is 0 Å². The van der Waals surface area contributed by atoms with E-state index in [1.807, 2.05) is 17.5 Å².